The fourth-order valence-corrected chi connectivity index (χ4v) is 2.66. The topological polar surface area (TPSA) is 102 Å². The summed E-state index contributed by atoms with van der Waals surface area (Å²) in [4.78, 5) is 12.2. The quantitative estimate of drug-likeness (QED) is 0.733. The van der Waals surface area contributed by atoms with E-state index in [9.17, 15) is 15.0 Å². The maximum absolute atomic E-state index is 12.2. The second-order valence-corrected chi connectivity index (χ2v) is 5.12. The van der Waals surface area contributed by atoms with E-state index < -0.39 is 11.9 Å². The molecule has 1 aliphatic rings. The van der Waals surface area contributed by atoms with Gasteiger partial charge in [0, 0.05) is 11.6 Å². The standard InChI is InChI=1S/C17H15NO5/c1-22-17(21)15-14(9-2-4-10(19)5-3-9)12-7-6-11(20)8-13(12)23-16(15)18/h2-8,14,19-20H,18H2,1H3. The first-order valence-corrected chi connectivity index (χ1v) is 6.89. The molecule has 1 heterocycles. The lowest BCUT2D eigenvalue weighted by Gasteiger charge is -2.28. The summed E-state index contributed by atoms with van der Waals surface area (Å²) in [6.45, 7) is 0. The molecule has 1 aliphatic heterocycles. The summed E-state index contributed by atoms with van der Waals surface area (Å²) < 4.78 is 10.3. The number of methoxy groups -OCH3 is 1. The zero-order chi connectivity index (χ0) is 16.6. The molecule has 1 atom stereocenters. The number of hydrogen-bond donors (Lipinski definition) is 3. The molecule has 0 radical (unpaired) electrons. The van der Waals surface area contributed by atoms with Crippen molar-refractivity contribution in [3.05, 3.63) is 65.0 Å². The number of rotatable bonds is 2. The second-order valence-electron chi connectivity index (χ2n) is 5.12. The zero-order valence-corrected chi connectivity index (χ0v) is 12.3. The number of carbonyl (C=O) groups is 1. The molecule has 0 saturated heterocycles. The van der Waals surface area contributed by atoms with E-state index in [1.54, 1.807) is 18.2 Å². The van der Waals surface area contributed by atoms with Gasteiger partial charge in [-0.25, -0.2) is 4.79 Å². The van der Waals surface area contributed by atoms with Crippen LogP contribution in [0, 0.1) is 0 Å². The zero-order valence-electron chi connectivity index (χ0n) is 12.3. The molecule has 3 rings (SSSR count). The Kier molecular flexibility index (Phi) is 3.57. The minimum atomic E-state index is -0.598. The van der Waals surface area contributed by atoms with Gasteiger partial charge in [0.1, 0.15) is 22.8 Å². The van der Waals surface area contributed by atoms with Gasteiger partial charge in [0.25, 0.3) is 0 Å². The predicted molar refractivity (Wildman–Crippen MR) is 81.9 cm³/mol. The lowest BCUT2D eigenvalue weighted by atomic mass is 9.83. The van der Waals surface area contributed by atoms with Gasteiger partial charge in [-0.15, -0.1) is 0 Å². The van der Waals surface area contributed by atoms with E-state index in [-0.39, 0.29) is 23.0 Å². The summed E-state index contributed by atoms with van der Waals surface area (Å²) >= 11 is 0. The number of esters is 1. The fourth-order valence-electron chi connectivity index (χ4n) is 2.66. The number of aromatic hydroxyl groups is 2. The van der Waals surface area contributed by atoms with Crippen molar-refractivity contribution in [1.82, 2.24) is 0 Å². The Morgan fingerprint density at radius 1 is 1.13 bits per heavy atom. The van der Waals surface area contributed by atoms with Gasteiger partial charge in [-0.3, -0.25) is 0 Å². The van der Waals surface area contributed by atoms with Crippen molar-refractivity contribution < 1.29 is 24.5 Å². The van der Waals surface area contributed by atoms with Gasteiger partial charge in [0.05, 0.1) is 13.0 Å². The van der Waals surface area contributed by atoms with E-state index >= 15 is 0 Å². The number of phenols is 2. The number of carbonyl (C=O) groups excluding carboxylic acids is 1. The van der Waals surface area contributed by atoms with Crippen LogP contribution in [0.3, 0.4) is 0 Å². The van der Waals surface area contributed by atoms with Crippen molar-refractivity contribution in [3.63, 3.8) is 0 Å². The summed E-state index contributed by atoms with van der Waals surface area (Å²) in [6, 6.07) is 11.0. The highest BCUT2D eigenvalue weighted by molar-refractivity contribution is 5.92. The molecule has 6 heteroatoms. The summed E-state index contributed by atoms with van der Waals surface area (Å²) in [7, 11) is 1.27. The first-order valence-electron chi connectivity index (χ1n) is 6.89. The van der Waals surface area contributed by atoms with Crippen LogP contribution in [-0.4, -0.2) is 23.3 Å². The van der Waals surface area contributed by atoms with Crippen molar-refractivity contribution in [1.29, 1.82) is 0 Å². The number of fused-ring (bicyclic) bond motifs is 1. The van der Waals surface area contributed by atoms with Gasteiger partial charge in [-0.2, -0.15) is 0 Å². The SMILES string of the molecule is COC(=O)C1=C(N)Oc2cc(O)ccc2C1c1ccc(O)cc1. The Balaban J connectivity index is 2.21. The molecule has 0 saturated carbocycles. The number of hydrogen-bond acceptors (Lipinski definition) is 6. The van der Waals surface area contributed by atoms with Crippen molar-refractivity contribution in [2.75, 3.05) is 7.11 Å². The predicted octanol–water partition coefficient (Wildman–Crippen LogP) is 1.97. The normalized spacial score (nSPS) is 16.5. The molecular weight excluding hydrogens is 298 g/mol. The average molecular weight is 313 g/mol. The Morgan fingerprint density at radius 3 is 2.43 bits per heavy atom. The highest BCUT2D eigenvalue weighted by Gasteiger charge is 2.35. The third-order valence-corrected chi connectivity index (χ3v) is 3.71. The maximum Gasteiger partial charge on any atom is 0.340 e. The largest absolute Gasteiger partial charge is 0.508 e. The summed E-state index contributed by atoms with van der Waals surface area (Å²) in [5, 5.41) is 19.1. The van der Waals surface area contributed by atoms with Crippen molar-refractivity contribution in [2.45, 2.75) is 5.92 Å². The van der Waals surface area contributed by atoms with Crippen molar-refractivity contribution in [3.8, 4) is 17.2 Å². The van der Waals surface area contributed by atoms with E-state index in [1.165, 1.54) is 31.4 Å². The smallest absolute Gasteiger partial charge is 0.340 e. The van der Waals surface area contributed by atoms with Gasteiger partial charge in [-0.05, 0) is 23.8 Å². The molecule has 0 aromatic heterocycles. The van der Waals surface area contributed by atoms with E-state index in [4.69, 9.17) is 15.2 Å². The maximum atomic E-state index is 12.2. The summed E-state index contributed by atoms with van der Waals surface area (Å²) in [6.07, 6.45) is 0. The Labute approximate surface area is 132 Å². The lowest BCUT2D eigenvalue weighted by molar-refractivity contribution is -0.136. The first kappa shape index (κ1) is 14.8. The molecule has 1 unspecified atom stereocenters. The molecule has 4 N–H and O–H groups in total. The van der Waals surface area contributed by atoms with E-state index in [0.29, 0.717) is 11.3 Å². The molecule has 2 aromatic carbocycles. The number of nitrogens with two attached hydrogens (primary N) is 1. The highest BCUT2D eigenvalue weighted by Crippen LogP contribution is 2.43. The number of benzene rings is 2. The molecule has 118 valence electrons. The molecular formula is C17H15NO5. The van der Waals surface area contributed by atoms with Gasteiger partial charge in [0.2, 0.25) is 5.88 Å². The fraction of sp³-hybridized carbons (Fsp3) is 0.118. The molecule has 0 spiro atoms. The molecule has 6 nitrogen and oxygen atoms in total. The van der Waals surface area contributed by atoms with Crippen LogP contribution in [0.4, 0.5) is 0 Å². The second kappa shape index (κ2) is 5.57. The number of ether oxygens (including phenoxy) is 2. The Morgan fingerprint density at radius 2 is 1.78 bits per heavy atom. The molecule has 23 heavy (non-hydrogen) atoms. The minimum Gasteiger partial charge on any atom is -0.508 e. The van der Waals surface area contributed by atoms with Crippen molar-refractivity contribution in [2.24, 2.45) is 5.73 Å². The third-order valence-electron chi connectivity index (χ3n) is 3.71. The van der Waals surface area contributed by atoms with Gasteiger partial charge < -0.3 is 25.4 Å². The van der Waals surface area contributed by atoms with E-state index in [0.717, 1.165) is 5.56 Å². The van der Waals surface area contributed by atoms with Gasteiger partial charge in [-0.1, -0.05) is 18.2 Å². The van der Waals surface area contributed by atoms with Crippen LogP contribution in [0.2, 0.25) is 0 Å². The minimum absolute atomic E-state index is 0.0301. The molecule has 0 amide bonds. The van der Waals surface area contributed by atoms with Crippen LogP contribution in [0.15, 0.2) is 53.9 Å². The third kappa shape index (κ3) is 2.55. The van der Waals surface area contributed by atoms with Gasteiger partial charge in [0.15, 0.2) is 0 Å². The molecule has 0 bridgehead atoms. The summed E-state index contributed by atoms with van der Waals surface area (Å²) in [5.74, 6) is -0.682. The average Bonchev–Trinajstić information content (AvgIpc) is 2.53. The molecule has 0 fully saturated rings. The molecule has 2 aromatic rings. The monoisotopic (exact) mass is 313 g/mol. The van der Waals surface area contributed by atoms with Crippen LogP contribution >= 0.6 is 0 Å². The Hall–Kier alpha value is -3.15. The van der Waals surface area contributed by atoms with Crippen LogP contribution in [-0.2, 0) is 9.53 Å². The van der Waals surface area contributed by atoms with Crippen molar-refractivity contribution >= 4 is 5.97 Å². The first-order chi connectivity index (χ1) is 11.0. The van der Waals surface area contributed by atoms with Crippen LogP contribution in [0.1, 0.15) is 17.0 Å². The Bertz CT molecular complexity index is 795. The van der Waals surface area contributed by atoms with Crippen LogP contribution in [0.5, 0.6) is 17.2 Å². The van der Waals surface area contributed by atoms with E-state index in [2.05, 4.69) is 0 Å². The van der Waals surface area contributed by atoms with E-state index in [1.807, 2.05) is 0 Å². The highest BCUT2D eigenvalue weighted by atomic mass is 16.5. The lowest BCUT2D eigenvalue weighted by Crippen LogP contribution is -2.26. The van der Waals surface area contributed by atoms with Crippen LogP contribution < -0.4 is 10.5 Å². The summed E-state index contributed by atoms with van der Waals surface area (Å²) in [5.41, 5.74) is 7.49. The molecule has 0 aliphatic carbocycles. The number of phenolic OH excluding ortho intramolecular Hbond substituents is 2. The van der Waals surface area contributed by atoms with Crippen LogP contribution in [0.25, 0.3) is 0 Å². The van der Waals surface area contributed by atoms with Gasteiger partial charge >= 0.3 is 5.97 Å².